The molecule has 0 saturated heterocycles. The first-order valence-corrected chi connectivity index (χ1v) is 3.53. The van der Waals surface area contributed by atoms with Crippen molar-refractivity contribution in [3.05, 3.63) is 35.9 Å². The summed E-state index contributed by atoms with van der Waals surface area (Å²) in [5, 5.41) is 8.78. The van der Waals surface area contributed by atoms with E-state index in [1.807, 2.05) is 12.1 Å². The van der Waals surface area contributed by atoms with E-state index in [1.165, 1.54) is 0 Å². The maximum absolute atomic E-state index is 8.78. The molecule has 0 amide bonds. The Kier molecular flexibility index (Phi) is 2.49. The molecule has 1 aromatic carbocycles. The number of hydrogen-bond donors (Lipinski definition) is 0. The van der Waals surface area contributed by atoms with E-state index in [-0.39, 0.29) is 0 Å². The van der Waals surface area contributed by atoms with E-state index in [4.69, 9.17) is 10.00 Å². The van der Waals surface area contributed by atoms with Crippen LogP contribution >= 0.6 is 0 Å². The van der Waals surface area contributed by atoms with E-state index in [9.17, 15) is 0 Å². The number of nitrogens with zero attached hydrogens (tertiary/aromatic N) is 1. The predicted molar refractivity (Wildman–Crippen MR) is 47.8 cm³/mol. The Morgan fingerprint density at radius 1 is 1.58 bits per heavy atom. The van der Waals surface area contributed by atoms with Crippen molar-refractivity contribution in [3.63, 3.8) is 0 Å². The lowest BCUT2D eigenvalue weighted by Gasteiger charge is -2.03. The molecule has 0 aliphatic heterocycles. The largest absolute Gasteiger partial charge is 0.495 e. The van der Waals surface area contributed by atoms with E-state index >= 15 is 0 Å². The molecule has 2 heteroatoms. The van der Waals surface area contributed by atoms with Crippen LogP contribution in [0.25, 0.3) is 6.08 Å². The highest BCUT2D eigenvalue weighted by Crippen LogP contribution is 2.21. The molecule has 0 fully saturated rings. The van der Waals surface area contributed by atoms with Gasteiger partial charge in [-0.15, -0.1) is 0 Å². The predicted octanol–water partition coefficient (Wildman–Crippen LogP) is 2.21. The molecule has 0 bridgehead atoms. The van der Waals surface area contributed by atoms with Crippen LogP contribution in [0, 0.1) is 11.3 Å². The van der Waals surface area contributed by atoms with Crippen molar-refractivity contribution in [2.75, 3.05) is 7.11 Å². The van der Waals surface area contributed by atoms with E-state index in [1.54, 1.807) is 19.3 Å². The molecule has 1 rings (SSSR count). The van der Waals surface area contributed by atoms with Gasteiger partial charge in [-0.1, -0.05) is 24.8 Å². The fraction of sp³-hybridized carbons (Fsp3) is 0.100. The first-order chi connectivity index (χ1) is 5.83. The Hall–Kier alpha value is -1.75. The van der Waals surface area contributed by atoms with E-state index in [0.717, 1.165) is 5.56 Å². The summed E-state index contributed by atoms with van der Waals surface area (Å²) in [6.07, 6.45) is 1.64. The van der Waals surface area contributed by atoms with Crippen LogP contribution < -0.4 is 4.74 Å². The minimum Gasteiger partial charge on any atom is -0.495 e. The number of methoxy groups -OCH3 is 1. The fourth-order valence-corrected chi connectivity index (χ4v) is 1.01. The molecule has 12 heavy (non-hydrogen) atoms. The van der Waals surface area contributed by atoms with Crippen molar-refractivity contribution in [2.24, 2.45) is 0 Å². The van der Waals surface area contributed by atoms with Crippen LogP contribution in [0.15, 0.2) is 24.8 Å². The number of ether oxygens (including phenoxy) is 1. The highest BCUT2D eigenvalue weighted by Gasteiger charge is 2.04. The topological polar surface area (TPSA) is 33.0 Å². The summed E-state index contributed by atoms with van der Waals surface area (Å²) in [4.78, 5) is 0. The smallest absolute Gasteiger partial charge is 0.137 e. The van der Waals surface area contributed by atoms with Crippen LogP contribution in [-0.2, 0) is 0 Å². The molecule has 0 heterocycles. The molecule has 0 radical (unpaired) electrons. The van der Waals surface area contributed by atoms with Gasteiger partial charge in [0.25, 0.3) is 0 Å². The van der Waals surface area contributed by atoms with Crippen LogP contribution in [0.1, 0.15) is 11.1 Å². The number of benzene rings is 1. The minimum absolute atomic E-state index is 0.537. The highest BCUT2D eigenvalue weighted by molar-refractivity contribution is 5.61. The lowest BCUT2D eigenvalue weighted by Crippen LogP contribution is -1.89. The maximum Gasteiger partial charge on any atom is 0.137 e. The standard InChI is InChI=1S/C10H9NO/c1-3-8-5-4-6-10(12-2)9(8)7-11/h3-6H,1H2,2H3. The summed E-state index contributed by atoms with van der Waals surface area (Å²) >= 11 is 0. The third kappa shape index (κ3) is 1.30. The average Bonchev–Trinajstić information content (AvgIpc) is 2.16. The molecular weight excluding hydrogens is 150 g/mol. The second-order valence-corrected chi connectivity index (χ2v) is 2.24. The van der Waals surface area contributed by atoms with Gasteiger partial charge in [0.2, 0.25) is 0 Å². The van der Waals surface area contributed by atoms with E-state index in [0.29, 0.717) is 11.3 Å². The molecule has 60 valence electrons. The minimum atomic E-state index is 0.537. The fourth-order valence-electron chi connectivity index (χ4n) is 1.01. The highest BCUT2D eigenvalue weighted by atomic mass is 16.5. The summed E-state index contributed by atoms with van der Waals surface area (Å²) in [5.41, 5.74) is 1.34. The Labute approximate surface area is 71.7 Å². The van der Waals surface area contributed by atoms with Crippen molar-refractivity contribution < 1.29 is 4.74 Å². The Bertz CT molecular complexity index is 336. The zero-order valence-electron chi connectivity index (χ0n) is 6.87. The van der Waals surface area contributed by atoms with Crippen LogP contribution in [0.5, 0.6) is 5.75 Å². The Morgan fingerprint density at radius 3 is 2.83 bits per heavy atom. The zero-order chi connectivity index (χ0) is 8.97. The second-order valence-electron chi connectivity index (χ2n) is 2.24. The van der Waals surface area contributed by atoms with Crippen molar-refractivity contribution >= 4 is 6.08 Å². The third-order valence-electron chi connectivity index (χ3n) is 1.61. The summed E-state index contributed by atoms with van der Waals surface area (Å²) in [5.74, 6) is 0.593. The summed E-state index contributed by atoms with van der Waals surface area (Å²) in [6, 6.07) is 7.48. The Morgan fingerprint density at radius 2 is 2.33 bits per heavy atom. The molecular formula is C10H9NO. The van der Waals surface area contributed by atoms with Gasteiger partial charge in [0.05, 0.1) is 7.11 Å². The van der Waals surface area contributed by atoms with Gasteiger partial charge >= 0.3 is 0 Å². The van der Waals surface area contributed by atoms with Gasteiger partial charge in [0.15, 0.2) is 0 Å². The molecule has 2 nitrogen and oxygen atoms in total. The molecule has 0 atom stereocenters. The van der Waals surface area contributed by atoms with Crippen molar-refractivity contribution in [1.29, 1.82) is 5.26 Å². The lowest BCUT2D eigenvalue weighted by atomic mass is 10.1. The summed E-state index contributed by atoms with van der Waals surface area (Å²) in [6.45, 7) is 3.61. The van der Waals surface area contributed by atoms with Gasteiger partial charge in [0.1, 0.15) is 17.4 Å². The van der Waals surface area contributed by atoms with Crippen molar-refractivity contribution in [3.8, 4) is 11.8 Å². The van der Waals surface area contributed by atoms with Gasteiger partial charge < -0.3 is 4.74 Å². The quantitative estimate of drug-likeness (QED) is 0.662. The molecule has 0 aromatic heterocycles. The van der Waals surface area contributed by atoms with Gasteiger partial charge in [-0.25, -0.2) is 0 Å². The van der Waals surface area contributed by atoms with Gasteiger partial charge in [0, 0.05) is 0 Å². The maximum atomic E-state index is 8.78. The first kappa shape index (κ1) is 8.35. The molecule has 0 aliphatic carbocycles. The van der Waals surface area contributed by atoms with E-state index in [2.05, 4.69) is 12.6 Å². The van der Waals surface area contributed by atoms with Crippen LogP contribution in [0.4, 0.5) is 0 Å². The SMILES string of the molecule is C=Cc1cccc(OC)c1C#N. The Balaban J connectivity index is 3.34. The number of rotatable bonds is 2. The summed E-state index contributed by atoms with van der Waals surface area (Å²) < 4.78 is 5.01. The average molecular weight is 159 g/mol. The summed E-state index contributed by atoms with van der Waals surface area (Å²) in [7, 11) is 1.54. The van der Waals surface area contributed by atoms with Crippen molar-refractivity contribution in [2.45, 2.75) is 0 Å². The first-order valence-electron chi connectivity index (χ1n) is 3.53. The van der Waals surface area contributed by atoms with Gasteiger partial charge in [-0.05, 0) is 11.6 Å². The molecule has 0 unspecified atom stereocenters. The van der Waals surface area contributed by atoms with Crippen molar-refractivity contribution in [1.82, 2.24) is 0 Å². The molecule has 0 N–H and O–H groups in total. The number of nitriles is 1. The number of hydrogen-bond acceptors (Lipinski definition) is 2. The monoisotopic (exact) mass is 159 g/mol. The van der Waals surface area contributed by atoms with Gasteiger partial charge in [-0.3, -0.25) is 0 Å². The lowest BCUT2D eigenvalue weighted by molar-refractivity contribution is 0.413. The molecule has 0 saturated carbocycles. The van der Waals surface area contributed by atoms with Crippen LogP contribution in [0.2, 0.25) is 0 Å². The molecule has 0 aliphatic rings. The zero-order valence-corrected chi connectivity index (χ0v) is 6.87. The normalized spacial score (nSPS) is 8.67. The molecule has 0 spiro atoms. The van der Waals surface area contributed by atoms with Crippen LogP contribution in [-0.4, -0.2) is 7.11 Å². The third-order valence-corrected chi connectivity index (χ3v) is 1.61. The van der Waals surface area contributed by atoms with E-state index < -0.39 is 0 Å². The van der Waals surface area contributed by atoms with Gasteiger partial charge in [-0.2, -0.15) is 5.26 Å². The second kappa shape index (κ2) is 3.59. The molecule has 1 aromatic rings. The van der Waals surface area contributed by atoms with Crippen LogP contribution in [0.3, 0.4) is 0 Å².